The van der Waals surface area contributed by atoms with E-state index in [1.807, 2.05) is 12.1 Å². The third kappa shape index (κ3) is 1.62. The van der Waals surface area contributed by atoms with Crippen molar-refractivity contribution in [1.29, 1.82) is 0 Å². The normalized spacial score (nSPS) is 15.5. The second-order valence-electron chi connectivity index (χ2n) is 3.38. The fourth-order valence-electron chi connectivity index (χ4n) is 1.55. The molecule has 0 unspecified atom stereocenters. The molecular formula is C11H14O2. The Morgan fingerprint density at radius 2 is 1.92 bits per heavy atom. The van der Waals surface area contributed by atoms with Crippen molar-refractivity contribution in [3.05, 3.63) is 23.8 Å². The van der Waals surface area contributed by atoms with Crippen LogP contribution in [0.4, 0.5) is 0 Å². The summed E-state index contributed by atoms with van der Waals surface area (Å²) in [6.45, 7) is 0. The Kier molecular flexibility index (Phi) is 2.13. The predicted molar refractivity (Wildman–Crippen MR) is 51.5 cm³/mol. The first-order valence-electron chi connectivity index (χ1n) is 4.57. The van der Waals surface area contributed by atoms with Gasteiger partial charge in [0.15, 0.2) is 0 Å². The molecule has 1 saturated carbocycles. The van der Waals surface area contributed by atoms with Gasteiger partial charge in [-0.05, 0) is 37.0 Å². The molecule has 0 heterocycles. The van der Waals surface area contributed by atoms with E-state index in [1.54, 1.807) is 14.2 Å². The van der Waals surface area contributed by atoms with Gasteiger partial charge in [-0.1, -0.05) is 0 Å². The standard InChI is InChI=1S/C11H14O2/c1-12-9-5-6-11(13-2)10(7-9)8-3-4-8/h5-8H,3-4H2,1-2H3. The maximum Gasteiger partial charge on any atom is 0.122 e. The van der Waals surface area contributed by atoms with Crippen LogP contribution in [0, 0.1) is 0 Å². The van der Waals surface area contributed by atoms with Crippen molar-refractivity contribution in [2.45, 2.75) is 18.8 Å². The predicted octanol–water partition coefficient (Wildman–Crippen LogP) is 2.58. The summed E-state index contributed by atoms with van der Waals surface area (Å²) in [5.41, 5.74) is 1.29. The molecule has 0 spiro atoms. The summed E-state index contributed by atoms with van der Waals surface area (Å²) in [7, 11) is 3.41. The molecule has 2 nitrogen and oxygen atoms in total. The molecule has 0 bridgehead atoms. The minimum atomic E-state index is 0.699. The van der Waals surface area contributed by atoms with E-state index in [2.05, 4.69) is 6.07 Å². The molecule has 0 N–H and O–H groups in total. The summed E-state index contributed by atoms with van der Waals surface area (Å²) in [5.74, 6) is 2.61. The molecule has 0 amide bonds. The number of ether oxygens (including phenoxy) is 2. The highest BCUT2D eigenvalue weighted by Gasteiger charge is 2.26. The van der Waals surface area contributed by atoms with Gasteiger partial charge in [-0.15, -0.1) is 0 Å². The van der Waals surface area contributed by atoms with E-state index in [1.165, 1.54) is 18.4 Å². The van der Waals surface area contributed by atoms with Crippen molar-refractivity contribution in [2.24, 2.45) is 0 Å². The molecule has 1 aliphatic carbocycles. The largest absolute Gasteiger partial charge is 0.497 e. The number of rotatable bonds is 3. The van der Waals surface area contributed by atoms with Gasteiger partial charge in [0.2, 0.25) is 0 Å². The van der Waals surface area contributed by atoms with Gasteiger partial charge < -0.3 is 9.47 Å². The van der Waals surface area contributed by atoms with Crippen LogP contribution in [-0.2, 0) is 0 Å². The molecule has 1 aromatic rings. The van der Waals surface area contributed by atoms with Crippen LogP contribution in [0.5, 0.6) is 11.5 Å². The van der Waals surface area contributed by atoms with Gasteiger partial charge >= 0.3 is 0 Å². The molecule has 1 aliphatic rings. The Balaban J connectivity index is 2.35. The minimum Gasteiger partial charge on any atom is -0.497 e. The fourth-order valence-corrected chi connectivity index (χ4v) is 1.55. The Hall–Kier alpha value is -1.18. The van der Waals surface area contributed by atoms with Crippen LogP contribution in [0.3, 0.4) is 0 Å². The molecule has 1 fully saturated rings. The lowest BCUT2D eigenvalue weighted by Gasteiger charge is -2.08. The molecule has 0 aliphatic heterocycles. The van der Waals surface area contributed by atoms with Crippen molar-refractivity contribution in [3.63, 3.8) is 0 Å². The van der Waals surface area contributed by atoms with Crippen LogP contribution in [0.25, 0.3) is 0 Å². The van der Waals surface area contributed by atoms with Crippen LogP contribution in [0.2, 0.25) is 0 Å². The van der Waals surface area contributed by atoms with Crippen molar-refractivity contribution < 1.29 is 9.47 Å². The molecule has 1 aromatic carbocycles. The summed E-state index contributed by atoms with van der Waals surface area (Å²) >= 11 is 0. The lowest BCUT2D eigenvalue weighted by Crippen LogP contribution is -1.91. The molecular weight excluding hydrogens is 164 g/mol. The molecule has 13 heavy (non-hydrogen) atoms. The Labute approximate surface area is 78.5 Å². The molecule has 0 atom stereocenters. The third-order valence-electron chi connectivity index (χ3n) is 2.45. The van der Waals surface area contributed by atoms with Gasteiger partial charge in [0, 0.05) is 5.56 Å². The van der Waals surface area contributed by atoms with E-state index in [9.17, 15) is 0 Å². The quantitative estimate of drug-likeness (QED) is 0.708. The second-order valence-corrected chi connectivity index (χ2v) is 3.38. The molecule has 2 heteroatoms. The van der Waals surface area contributed by atoms with E-state index in [-0.39, 0.29) is 0 Å². The van der Waals surface area contributed by atoms with Crippen molar-refractivity contribution >= 4 is 0 Å². The first-order chi connectivity index (χ1) is 6.35. The van der Waals surface area contributed by atoms with E-state index in [0.717, 1.165) is 11.5 Å². The summed E-state index contributed by atoms with van der Waals surface area (Å²) in [5, 5.41) is 0. The zero-order chi connectivity index (χ0) is 9.26. The fraction of sp³-hybridized carbons (Fsp3) is 0.455. The highest BCUT2D eigenvalue weighted by atomic mass is 16.5. The third-order valence-corrected chi connectivity index (χ3v) is 2.45. The van der Waals surface area contributed by atoms with Gasteiger partial charge in [-0.25, -0.2) is 0 Å². The highest BCUT2D eigenvalue weighted by molar-refractivity contribution is 5.44. The zero-order valence-corrected chi connectivity index (χ0v) is 8.04. The van der Waals surface area contributed by atoms with Crippen LogP contribution >= 0.6 is 0 Å². The molecule has 0 saturated heterocycles. The average molecular weight is 178 g/mol. The Morgan fingerprint density at radius 1 is 1.15 bits per heavy atom. The number of hydrogen-bond acceptors (Lipinski definition) is 2. The lowest BCUT2D eigenvalue weighted by atomic mass is 10.1. The van der Waals surface area contributed by atoms with Crippen molar-refractivity contribution in [2.75, 3.05) is 14.2 Å². The van der Waals surface area contributed by atoms with Gasteiger partial charge in [0.1, 0.15) is 11.5 Å². The Morgan fingerprint density at radius 3 is 2.46 bits per heavy atom. The summed E-state index contributed by atoms with van der Waals surface area (Å²) in [4.78, 5) is 0. The van der Waals surface area contributed by atoms with Crippen LogP contribution in [0.15, 0.2) is 18.2 Å². The topological polar surface area (TPSA) is 18.5 Å². The number of methoxy groups -OCH3 is 2. The highest BCUT2D eigenvalue weighted by Crippen LogP contribution is 2.45. The molecule has 0 radical (unpaired) electrons. The van der Waals surface area contributed by atoms with Gasteiger partial charge in [-0.2, -0.15) is 0 Å². The molecule has 70 valence electrons. The summed E-state index contributed by atoms with van der Waals surface area (Å²) in [6.07, 6.45) is 2.56. The lowest BCUT2D eigenvalue weighted by molar-refractivity contribution is 0.399. The first-order valence-corrected chi connectivity index (χ1v) is 4.57. The van der Waals surface area contributed by atoms with E-state index >= 15 is 0 Å². The molecule has 0 aromatic heterocycles. The average Bonchev–Trinajstić information content (AvgIpc) is 3.00. The second kappa shape index (κ2) is 3.29. The number of benzene rings is 1. The van der Waals surface area contributed by atoms with E-state index in [0.29, 0.717) is 5.92 Å². The minimum absolute atomic E-state index is 0.699. The van der Waals surface area contributed by atoms with Crippen LogP contribution in [0.1, 0.15) is 24.3 Å². The van der Waals surface area contributed by atoms with Gasteiger partial charge in [0.25, 0.3) is 0 Å². The smallest absolute Gasteiger partial charge is 0.122 e. The van der Waals surface area contributed by atoms with Crippen molar-refractivity contribution in [1.82, 2.24) is 0 Å². The van der Waals surface area contributed by atoms with E-state index < -0.39 is 0 Å². The van der Waals surface area contributed by atoms with Gasteiger partial charge in [-0.3, -0.25) is 0 Å². The monoisotopic (exact) mass is 178 g/mol. The maximum atomic E-state index is 5.29. The van der Waals surface area contributed by atoms with Gasteiger partial charge in [0.05, 0.1) is 14.2 Å². The number of hydrogen-bond donors (Lipinski definition) is 0. The van der Waals surface area contributed by atoms with Crippen LogP contribution in [-0.4, -0.2) is 14.2 Å². The Bertz CT molecular complexity index is 303. The van der Waals surface area contributed by atoms with Crippen molar-refractivity contribution in [3.8, 4) is 11.5 Å². The molecule has 2 rings (SSSR count). The SMILES string of the molecule is COc1ccc(OC)c(C2CC2)c1. The summed E-state index contributed by atoms with van der Waals surface area (Å²) < 4.78 is 10.5. The first kappa shape index (κ1) is 8.42. The zero-order valence-electron chi connectivity index (χ0n) is 8.04. The van der Waals surface area contributed by atoms with Crippen LogP contribution < -0.4 is 9.47 Å². The summed E-state index contributed by atoms with van der Waals surface area (Å²) in [6, 6.07) is 5.99. The maximum absolute atomic E-state index is 5.29. The van der Waals surface area contributed by atoms with E-state index in [4.69, 9.17) is 9.47 Å².